The molecule has 0 aliphatic carbocycles. The lowest BCUT2D eigenvalue weighted by Gasteiger charge is -2.11. The number of nitrogens with zero attached hydrogens (tertiary/aromatic N) is 4. The van der Waals surface area contributed by atoms with E-state index in [4.69, 9.17) is 11.6 Å². The summed E-state index contributed by atoms with van der Waals surface area (Å²) in [5, 5.41) is 0.589. The molecule has 25 heavy (non-hydrogen) atoms. The number of rotatable bonds is 1. The second-order valence-corrected chi connectivity index (χ2v) is 5.87. The Balaban J connectivity index is 1.84. The molecule has 0 saturated heterocycles. The number of aromatic nitrogens is 3. The smallest absolute Gasteiger partial charge is 0.315 e. The quantitative estimate of drug-likeness (QED) is 0.648. The van der Waals surface area contributed by atoms with E-state index in [1.54, 1.807) is 6.07 Å². The molecule has 0 amide bonds. The second-order valence-electron chi connectivity index (χ2n) is 5.46. The zero-order valence-electron chi connectivity index (χ0n) is 12.6. The van der Waals surface area contributed by atoms with Gasteiger partial charge in [0.2, 0.25) is 5.82 Å². The standard InChI is InChI=1S/C17H10ClF3N4/c18-12-3-1-4-13-11(12)9-22-15(14-5-2-6-25(13)14)10-7-23-16(24-8-10)17(19,20)21/h1-8H,9H2. The van der Waals surface area contributed by atoms with Crippen molar-refractivity contribution in [1.29, 1.82) is 0 Å². The van der Waals surface area contributed by atoms with Crippen molar-refractivity contribution < 1.29 is 13.2 Å². The van der Waals surface area contributed by atoms with E-state index in [1.165, 1.54) is 0 Å². The van der Waals surface area contributed by atoms with Gasteiger partial charge in [-0.05, 0) is 24.3 Å². The highest BCUT2D eigenvalue weighted by molar-refractivity contribution is 6.31. The van der Waals surface area contributed by atoms with Crippen molar-refractivity contribution in [3.05, 3.63) is 76.6 Å². The molecule has 126 valence electrons. The summed E-state index contributed by atoms with van der Waals surface area (Å²) in [6, 6.07) is 9.23. The molecule has 1 aliphatic rings. The van der Waals surface area contributed by atoms with Gasteiger partial charge in [-0.1, -0.05) is 17.7 Å². The summed E-state index contributed by atoms with van der Waals surface area (Å²) in [7, 11) is 0. The minimum absolute atomic E-state index is 0.313. The van der Waals surface area contributed by atoms with E-state index in [9.17, 15) is 13.2 Å². The molecule has 0 fully saturated rings. The lowest BCUT2D eigenvalue weighted by Crippen LogP contribution is -2.14. The van der Waals surface area contributed by atoms with E-state index in [1.807, 2.05) is 35.0 Å². The molecule has 0 N–H and O–H groups in total. The first-order valence-electron chi connectivity index (χ1n) is 7.35. The highest BCUT2D eigenvalue weighted by Crippen LogP contribution is 2.30. The van der Waals surface area contributed by atoms with Crippen molar-refractivity contribution in [1.82, 2.24) is 14.5 Å². The van der Waals surface area contributed by atoms with Gasteiger partial charge in [0.25, 0.3) is 0 Å². The van der Waals surface area contributed by atoms with Crippen molar-refractivity contribution in [3.63, 3.8) is 0 Å². The van der Waals surface area contributed by atoms with Crippen LogP contribution in [0.2, 0.25) is 5.02 Å². The highest BCUT2D eigenvalue weighted by atomic mass is 35.5. The zero-order chi connectivity index (χ0) is 17.6. The molecule has 3 heterocycles. The van der Waals surface area contributed by atoms with Crippen LogP contribution >= 0.6 is 11.6 Å². The molecule has 4 rings (SSSR count). The van der Waals surface area contributed by atoms with Crippen LogP contribution in [0.25, 0.3) is 5.69 Å². The number of aliphatic imine (C=N–C) groups is 1. The van der Waals surface area contributed by atoms with E-state index < -0.39 is 12.0 Å². The Morgan fingerprint density at radius 2 is 1.80 bits per heavy atom. The predicted octanol–water partition coefficient (Wildman–Crippen LogP) is 4.29. The summed E-state index contributed by atoms with van der Waals surface area (Å²) >= 11 is 6.28. The maximum absolute atomic E-state index is 12.7. The number of alkyl halides is 3. The van der Waals surface area contributed by atoms with Gasteiger partial charge in [-0.15, -0.1) is 0 Å². The predicted molar refractivity (Wildman–Crippen MR) is 87.2 cm³/mol. The molecule has 0 atom stereocenters. The summed E-state index contributed by atoms with van der Waals surface area (Å²) < 4.78 is 39.9. The van der Waals surface area contributed by atoms with Crippen molar-refractivity contribution in [2.75, 3.05) is 0 Å². The first-order chi connectivity index (χ1) is 11.9. The summed E-state index contributed by atoms with van der Waals surface area (Å²) in [6.07, 6.45) is -0.433. The molecule has 8 heteroatoms. The fraction of sp³-hybridized carbons (Fsp3) is 0.118. The molecule has 0 bridgehead atoms. The third-order valence-corrected chi connectivity index (χ3v) is 4.27. The zero-order valence-corrected chi connectivity index (χ0v) is 13.4. The fourth-order valence-electron chi connectivity index (χ4n) is 2.79. The number of hydrogen-bond acceptors (Lipinski definition) is 3. The minimum atomic E-state index is -4.58. The molecular formula is C17H10ClF3N4. The van der Waals surface area contributed by atoms with Crippen LogP contribution in [0.5, 0.6) is 0 Å². The Labute approximate surface area is 145 Å². The lowest BCUT2D eigenvalue weighted by atomic mass is 10.1. The Morgan fingerprint density at radius 1 is 1.04 bits per heavy atom. The van der Waals surface area contributed by atoms with Gasteiger partial charge in [0.15, 0.2) is 0 Å². The second kappa shape index (κ2) is 5.70. The maximum atomic E-state index is 12.7. The molecule has 2 aromatic heterocycles. The Bertz CT molecular complexity index is 974. The van der Waals surface area contributed by atoms with Crippen LogP contribution in [-0.2, 0) is 12.7 Å². The van der Waals surface area contributed by atoms with Crippen LogP contribution in [0.15, 0.2) is 53.9 Å². The van der Waals surface area contributed by atoms with E-state index in [2.05, 4.69) is 15.0 Å². The molecule has 4 nitrogen and oxygen atoms in total. The molecule has 3 aromatic rings. The Kier molecular flexibility index (Phi) is 3.61. The number of hydrogen-bond donors (Lipinski definition) is 0. The molecule has 0 unspecified atom stereocenters. The van der Waals surface area contributed by atoms with Gasteiger partial charge in [0, 0.05) is 34.7 Å². The first-order valence-corrected chi connectivity index (χ1v) is 7.72. The Hall–Kier alpha value is -2.67. The van der Waals surface area contributed by atoms with Gasteiger partial charge < -0.3 is 4.57 Å². The molecule has 0 radical (unpaired) electrons. The van der Waals surface area contributed by atoms with Crippen LogP contribution in [-0.4, -0.2) is 20.2 Å². The summed E-state index contributed by atoms with van der Waals surface area (Å²) in [4.78, 5) is 11.4. The normalized spacial score (nSPS) is 13.7. The average molecular weight is 363 g/mol. The van der Waals surface area contributed by atoms with E-state index >= 15 is 0 Å². The Morgan fingerprint density at radius 3 is 2.52 bits per heavy atom. The van der Waals surface area contributed by atoms with Crippen molar-refractivity contribution in [2.45, 2.75) is 12.7 Å². The monoisotopic (exact) mass is 362 g/mol. The van der Waals surface area contributed by atoms with Crippen LogP contribution in [0.4, 0.5) is 13.2 Å². The van der Waals surface area contributed by atoms with Crippen LogP contribution in [0.1, 0.15) is 22.6 Å². The van der Waals surface area contributed by atoms with Gasteiger partial charge in [-0.25, -0.2) is 9.97 Å². The number of benzene rings is 1. The summed E-state index contributed by atoms with van der Waals surface area (Å²) in [5.74, 6) is -1.17. The SMILES string of the molecule is FC(F)(F)c1ncc(C2=NCc3c(Cl)cccc3-n3cccc32)cn1. The van der Waals surface area contributed by atoms with Crippen molar-refractivity contribution >= 4 is 17.3 Å². The van der Waals surface area contributed by atoms with Crippen molar-refractivity contribution in [2.24, 2.45) is 4.99 Å². The third kappa shape index (κ3) is 2.70. The summed E-state index contributed by atoms with van der Waals surface area (Å²) in [6.45, 7) is 0.313. The lowest BCUT2D eigenvalue weighted by molar-refractivity contribution is -0.145. The minimum Gasteiger partial charge on any atom is -0.315 e. The molecule has 0 spiro atoms. The highest BCUT2D eigenvalue weighted by Gasteiger charge is 2.34. The van der Waals surface area contributed by atoms with Gasteiger partial charge in [0.05, 0.1) is 23.6 Å². The summed E-state index contributed by atoms with van der Waals surface area (Å²) in [5.41, 5.74) is 3.41. The van der Waals surface area contributed by atoms with Gasteiger partial charge in [-0.3, -0.25) is 4.99 Å². The largest absolute Gasteiger partial charge is 0.451 e. The molecule has 1 aliphatic heterocycles. The maximum Gasteiger partial charge on any atom is 0.451 e. The van der Waals surface area contributed by atoms with E-state index in [0.29, 0.717) is 22.8 Å². The third-order valence-electron chi connectivity index (χ3n) is 3.92. The average Bonchev–Trinajstić information content (AvgIpc) is 2.99. The fourth-order valence-corrected chi connectivity index (χ4v) is 3.02. The van der Waals surface area contributed by atoms with Gasteiger partial charge >= 0.3 is 6.18 Å². The van der Waals surface area contributed by atoms with Crippen LogP contribution < -0.4 is 0 Å². The van der Waals surface area contributed by atoms with E-state index in [-0.39, 0.29) is 0 Å². The first kappa shape index (κ1) is 15.8. The topological polar surface area (TPSA) is 43.1 Å². The molecule has 1 aromatic carbocycles. The molecule has 0 saturated carbocycles. The number of halogens is 4. The van der Waals surface area contributed by atoms with E-state index in [0.717, 1.165) is 29.3 Å². The van der Waals surface area contributed by atoms with Crippen molar-refractivity contribution in [3.8, 4) is 5.69 Å². The van der Waals surface area contributed by atoms with Crippen LogP contribution in [0.3, 0.4) is 0 Å². The number of fused-ring (bicyclic) bond motifs is 3. The molecular weight excluding hydrogens is 353 g/mol. The van der Waals surface area contributed by atoms with Gasteiger partial charge in [-0.2, -0.15) is 13.2 Å². The van der Waals surface area contributed by atoms with Gasteiger partial charge in [0.1, 0.15) is 0 Å². The van der Waals surface area contributed by atoms with Crippen LogP contribution in [0, 0.1) is 0 Å².